The van der Waals surface area contributed by atoms with E-state index in [1.54, 1.807) is 12.1 Å². The number of esters is 1. The van der Waals surface area contributed by atoms with Crippen LogP contribution in [0.3, 0.4) is 0 Å². The first kappa shape index (κ1) is 17.9. The summed E-state index contributed by atoms with van der Waals surface area (Å²) < 4.78 is 15.7. The Morgan fingerprint density at radius 3 is 2.56 bits per heavy atom. The van der Waals surface area contributed by atoms with Gasteiger partial charge in [-0.15, -0.1) is 0 Å². The maximum Gasteiger partial charge on any atom is 0.307 e. The monoisotopic (exact) mass is 391 g/mol. The van der Waals surface area contributed by atoms with E-state index in [0.717, 1.165) is 0 Å². The molecule has 0 radical (unpaired) electrons. The van der Waals surface area contributed by atoms with E-state index in [0.29, 0.717) is 34.9 Å². The van der Waals surface area contributed by atoms with Crippen LogP contribution < -0.4 is 9.47 Å². The molecule has 0 unspecified atom stereocenters. The maximum atomic E-state index is 12.4. The fourth-order valence-electron chi connectivity index (χ4n) is 3.63. The van der Waals surface area contributed by atoms with Crippen molar-refractivity contribution in [1.82, 2.24) is 4.90 Å². The minimum atomic E-state index is -0.489. The number of fused-ring (bicyclic) bond motifs is 2. The van der Waals surface area contributed by atoms with Crippen molar-refractivity contribution in [2.24, 2.45) is 11.8 Å². The van der Waals surface area contributed by atoms with Gasteiger partial charge in [0.2, 0.25) is 18.6 Å². The van der Waals surface area contributed by atoms with Gasteiger partial charge >= 0.3 is 5.97 Å². The molecular weight excluding hydrogens is 374 g/mol. The fourth-order valence-corrected chi connectivity index (χ4v) is 3.92. The molecule has 7 nitrogen and oxygen atoms in total. The molecule has 1 fully saturated rings. The van der Waals surface area contributed by atoms with Gasteiger partial charge in [-0.05, 0) is 30.5 Å². The lowest BCUT2D eigenvalue weighted by Gasteiger charge is -2.14. The van der Waals surface area contributed by atoms with Gasteiger partial charge in [0.05, 0.1) is 23.3 Å². The first-order chi connectivity index (χ1) is 13.0. The fraction of sp³-hybridized carbons (Fsp3) is 0.421. The first-order valence-corrected chi connectivity index (χ1v) is 9.16. The van der Waals surface area contributed by atoms with Crippen molar-refractivity contribution >= 4 is 29.4 Å². The van der Waals surface area contributed by atoms with Crippen molar-refractivity contribution in [1.29, 1.82) is 0 Å². The van der Waals surface area contributed by atoms with Crippen molar-refractivity contribution in [3.8, 4) is 11.5 Å². The summed E-state index contributed by atoms with van der Waals surface area (Å²) in [6.07, 6.45) is 4.99. The first-order valence-electron chi connectivity index (χ1n) is 8.78. The van der Waals surface area contributed by atoms with Crippen LogP contribution in [0.4, 0.5) is 0 Å². The maximum absolute atomic E-state index is 12.4. The third kappa shape index (κ3) is 3.39. The van der Waals surface area contributed by atoms with Crippen LogP contribution in [0.2, 0.25) is 5.02 Å². The summed E-state index contributed by atoms with van der Waals surface area (Å²) in [5, 5.41) is 0.389. The van der Waals surface area contributed by atoms with E-state index < -0.39 is 5.97 Å². The highest BCUT2D eigenvalue weighted by Gasteiger charge is 2.46. The Balaban J connectivity index is 1.30. The number of hydrogen-bond acceptors (Lipinski definition) is 6. The normalized spacial score (nSPS) is 22.9. The topological polar surface area (TPSA) is 82.1 Å². The van der Waals surface area contributed by atoms with Crippen LogP contribution in [0.1, 0.15) is 24.8 Å². The van der Waals surface area contributed by atoms with E-state index in [-0.39, 0.29) is 50.0 Å². The average Bonchev–Trinajstić information content (AvgIpc) is 3.23. The molecule has 2 heterocycles. The number of imide groups is 1. The molecule has 2 aliphatic heterocycles. The van der Waals surface area contributed by atoms with Gasteiger partial charge in [0.1, 0.15) is 6.61 Å². The number of amides is 2. The van der Waals surface area contributed by atoms with E-state index in [4.69, 9.17) is 25.8 Å². The van der Waals surface area contributed by atoms with Crippen LogP contribution in [0.15, 0.2) is 24.3 Å². The van der Waals surface area contributed by atoms with Crippen LogP contribution >= 0.6 is 11.6 Å². The van der Waals surface area contributed by atoms with Gasteiger partial charge in [0.15, 0.2) is 11.5 Å². The van der Waals surface area contributed by atoms with Crippen molar-refractivity contribution in [3.63, 3.8) is 0 Å². The third-order valence-electron chi connectivity index (χ3n) is 5.03. The molecule has 0 spiro atoms. The number of rotatable bonds is 5. The lowest BCUT2D eigenvalue weighted by molar-refractivity contribution is -0.146. The number of carbonyl (C=O) groups is 3. The van der Waals surface area contributed by atoms with Crippen molar-refractivity contribution in [2.45, 2.75) is 25.9 Å². The van der Waals surface area contributed by atoms with E-state index in [1.165, 1.54) is 4.90 Å². The zero-order valence-electron chi connectivity index (χ0n) is 14.5. The minimum Gasteiger partial charge on any atom is -0.461 e. The molecular formula is C19H18ClNO6. The smallest absolute Gasteiger partial charge is 0.307 e. The molecule has 8 heteroatoms. The van der Waals surface area contributed by atoms with Crippen molar-refractivity contribution in [2.75, 3.05) is 13.3 Å². The van der Waals surface area contributed by atoms with Crippen LogP contribution in [-0.2, 0) is 25.7 Å². The van der Waals surface area contributed by atoms with Crippen LogP contribution in [0.5, 0.6) is 11.5 Å². The summed E-state index contributed by atoms with van der Waals surface area (Å²) in [4.78, 5) is 38.0. The molecule has 1 aliphatic carbocycles. The van der Waals surface area contributed by atoms with Crippen LogP contribution in [0, 0.1) is 11.8 Å². The standard InChI is InChI=1S/C19H18ClNO6/c20-14-7-11(8-15-17(14)27-10-26-15)9-25-16(22)5-6-21-18(23)12-3-1-2-4-13(12)19(21)24/h1-2,7-8,12-13H,3-6,9-10H2/t12-,13-/m0/s1. The molecule has 1 saturated heterocycles. The Bertz CT molecular complexity index is 810. The second kappa shape index (κ2) is 7.23. The molecule has 1 aromatic rings. The molecule has 0 N–H and O–H groups in total. The number of carbonyl (C=O) groups excluding carboxylic acids is 3. The Kier molecular flexibility index (Phi) is 4.78. The van der Waals surface area contributed by atoms with Crippen LogP contribution in [-0.4, -0.2) is 36.0 Å². The number of hydrogen-bond donors (Lipinski definition) is 0. The number of allylic oxidation sites excluding steroid dienone is 2. The molecule has 0 saturated carbocycles. The second-order valence-corrected chi connectivity index (χ2v) is 7.11. The molecule has 0 aromatic heterocycles. The summed E-state index contributed by atoms with van der Waals surface area (Å²) in [6, 6.07) is 3.35. The zero-order chi connectivity index (χ0) is 19.0. The van der Waals surface area contributed by atoms with E-state index in [2.05, 4.69) is 0 Å². The molecule has 2 amide bonds. The van der Waals surface area contributed by atoms with Crippen LogP contribution in [0.25, 0.3) is 0 Å². The summed E-state index contributed by atoms with van der Waals surface area (Å²) in [7, 11) is 0. The number of nitrogens with zero attached hydrogens (tertiary/aromatic N) is 1. The highest BCUT2D eigenvalue weighted by Crippen LogP contribution is 2.40. The number of likely N-dealkylation sites (tertiary alicyclic amines) is 1. The Labute approximate surface area is 160 Å². The van der Waals surface area contributed by atoms with Crippen molar-refractivity contribution < 1.29 is 28.6 Å². The van der Waals surface area contributed by atoms with E-state index in [1.807, 2.05) is 12.2 Å². The summed E-state index contributed by atoms with van der Waals surface area (Å²) >= 11 is 6.10. The molecule has 0 bridgehead atoms. The Hall–Kier alpha value is -2.54. The average molecular weight is 392 g/mol. The minimum absolute atomic E-state index is 0.0201. The van der Waals surface area contributed by atoms with Gasteiger partial charge in [0.25, 0.3) is 0 Å². The largest absolute Gasteiger partial charge is 0.461 e. The molecule has 4 rings (SSSR count). The highest BCUT2D eigenvalue weighted by molar-refractivity contribution is 6.32. The number of ether oxygens (including phenoxy) is 3. The van der Waals surface area contributed by atoms with E-state index in [9.17, 15) is 14.4 Å². The number of benzene rings is 1. The molecule has 142 valence electrons. The van der Waals surface area contributed by atoms with Gasteiger partial charge in [-0.2, -0.15) is 0 Å². The van der Waals surface area contributed by atoms with Gasteiger partial charge in [-0.25, -0.2) is 0 Å². The number of halogens is 1. The highest BCUT2D eigenvalue weighted by atomic mass is 35.5. The molecule has 1 aromatic carbocycles. The molecule has 3 aliphatic rings. The van der Waals surface area contributed by atoms with Gasteiger partial charge in [0, 0.05) is 6.54 Å². The van der Waals surface area contributed by atoms with Crippen molar-refractivity contribution in [3.05, 3.63) is 34.9 Å². The zero-order valence-corrected chi connectivity index (χ0v) is 15.2. The SMILES string of the molecule is O=C(CCN1C(=O)[C@H]2CC=CC[C@@H]2C1=O)OCc1cc(Cl)c2c(c1)OCO2. The Morgan fingerprint density at radius 1 is 1.15 bits per heavy atom. The third-order valence-corrected chi connectivity index (χ3v) is 5.31. The summed E-state index contributed by atoms with van der Waals surface area (Å²) in [5.74, 6) is -0.442. The Morgan fingerprint density at radius 2 is 1.85 bits per heavy atom. The predicted octanol–water partition coefficient (Wildman–Crippen LogP) is 2.45. The predicted molar refractivity (Wildman–Crippen MR) is 94.1 cm³/mol. The molecule has 27 heavy (non-hydrogen) atoms. The lowest BCUT2D eigenvalue weighted by atomic mass is 9.85. The van der Waals surface area contributed by atoms with Gasteiger partial charge in [-0.3, -0.25) is 19.3 Å². The molecule has 2 atom stereocenters. The quantitative estimate of drug-likeness (QED) is 0.435. The van der Waals surface area contributed by atoms with E-state index >= 15 is 0 Å². The summed E-state index contributed by atoms with van der Waals surface area (Å²) in [6.45, 7) is 0.172. The van der Waals surface area contributed by atoms with Gasteiger partial charge in [-0.1, -0.05) is 23.8 Å². The van der Waals surface area contributed by atoms with Gasteiger partial charge < -0.3 is 14.2 Å². The summed E-state index contributed by atoms with van der Waals surface area (Å²) in [5.41, 5.74) is 0.669. The lowest BCUT2D eigenvalue weighted by Crippen LogP contribution is -2.33. The second-order valence-electron chi connectivity index (χ2n) is 6.71.